The Labute approximate surface area is 158 Å². The second-order valence-electron chi connectivity index (χ2n) is 7.27. The first-order valence-electron chi connectivity index (χ1n) is 9.75. The fourth-order valence-electron chi connectivity index (χ4n) is 2.60. The number of anilines is 1. The van der Waals surface area contributed by atoms with Gasteiger partial charge in [0, 0.05) is 18.3 Å². The molecule has 0 aliphatic heterocycles. The van der Waals surface area contributed by atoms with E-state index >= 15 is 0 Å². The van der Waals surface area contributed by atoms with Gasteiger partial charge in [0.1, 0.15) is 18.1 Å². The predicted molar refractivity (Wildman–Crippen MR) is 111 cm³/mol. The molecule has 0 aliphatic carbocycles. The van der Waals surface area contributed by atoms with Gasteiger partial charge in [0.25, 0.3) is 0 Å². The van der Waals surface area contributed by atoms with Crippen molar-refractivity contribution in [2.45, 2.75) is 52.4 Å². The van der Waals surface area contributed by atoms with E-state index in [4.69, 9.17) is 9.47 Å². The van der Waals surface area contributed by atoms with Gasteiger partial charge in [-0.25, -0.2) is 0 Å². The van der Waals surface area contributed by atoms with Crippen LogP contribution in [-0.4, -0.2) is 19.8 Å². The topological polar surface area (TPSA) is 30.5 Å². The van der Waals surface area contributed by atoms with E-state index in [0.29, 0.717) is 6.61 Å². The standard InChI is InChI=1S/C23H33NO2/c1-5-7-16-25-22-10-8-9-20(18-22)24-15-17-26-21-13-11-19(12-14-21)23(3,4)6-2/h8-14,18,24H,5-7,15-17H2,1-4H3. The van der Waals surface area contributed by atoms with Crippen molar-refractivity contribution in [1.29, 1.82) is 0 Å². The fourth-order valence-corrected chi connectivity index (χ4v) is 2.60. The van der Waals surface area contributed by atoms with Crippen molar-refractivity contribution in [3.63, 3.8) is 0 Å². The van der Waals surface area contributed by atoms with Crippen LogP contribution < -0.4 is 14.8 Å². The molecule has 0 bridgehead atoms. The van der Waals surface area contributed by atoms with Crippen molar-refractivity contribution in [2.24, 2.45) is 0 Å². The Morgan fingerprint density at radius 3 is 2.31 bits per heavy atom. The maximum absolute atomic E-state index is 5.84. The summed E-state index contributed by atoms with van der Waals surface area (Å²) in [5, 5.41) is 3.39. The van der Waals surface area contributed by atoms with Gasteiger partial charge in [0.05, 0.1) is 6.61 Å². The number of nitrogens with one attached hydrogen (secondary N) is 1. The van der Waals surface area contributed by atoms with E-state index in [0.717, 1.165) is 49.6 Å². The summed E-state index contributed by atoms with van der Waals surface area (Å²) < 4.78 is 11.6. The summed E-state index contributed by atoms with van der Waals surface area (Å²) in [5.41, 5.74) is 2.62. The van der Waals surface area contributed by atoms with Crippen LogP contribution in [-0.2, 0) is 5.41 Å². The molecule has 0 radical (unpaired) electrons. The van der Waals surface area contributed by atoms with Crippen LogP contribution in [0.3, 0.4) is 0 Å². The lowest BCUT2D eigenvalue weighted by atomic mass is 9.82. The van der Waals surface area contributed by atoms with E-state index in [1.807, 2.05) is 24.3 Å². The highest BCUT2D eigenvalue weighted by Crippen LogP contribution is 2.28. The van der Waals surface area contributed by atoms with Crippen LogP contribution in [0.15, 0.2) is 48.5 Å². The molecule has 1 N–H and O–H groups in total. The zero-order valence-corrected chi connectivity index (χ0v) is 16.7. The van der Waals surface area contributed by atoms with Crippen LogP contribution in [0.1, 0.15) is 52.5 Å². The summed E-state index contributed by atoms with van der Waals surface area (Å²) in [5.74, 6) is 1.83. The number of hydrogen-bond donors (Lipinski definition) is 1. The van der Waals surface area contributed by atoms with Gasteiger partial charge in [-0.2, -0.15) is 0 Å². The molecule has 0 unspecified atom stereocenters. The first kappa shape index (κ1) is 20.2. The third kappa shape index (κ3) is 6.29. The van der Waals surface area contributed by atoms with Gasteiger partial charge in [-0.1, -0.05) is 52.3 Å². The van der Waals surface area contributed by atoms with Crippen LogP contribution in [0.2, 0.25) is 0 Å². The van der Waals surface area contributed by atoms with E-state index in [9.17, 15) is 0 Å². The molecular weight excluding hydrogens is 322 g/mol. The molecule has 0 saturated carbocycles. The maximum Gasteiger partial charge on any atom is 0.121 e. The molecule has 0 amide bonds. The molecule has 0 atom stereocenters. The van der Waals surface area contributed by atoms with Crippen LogP contribution in [0.25, 0.3) is 0 Å². The summed E-state index contributed by atoms with van der Waals surface area (Å²) in [4.78, 5) is 0. The van der Waals surface area contributed by atoms with Gasteiger partial charge in [0.2, 0.25) is 0 Å². The maximum atomic E-state index is 5.84. The van der Waals surface area contributed by atoms with E-state index in [2.05, 4.69) is 57.3 Å². The summed E-state index contributed by atoms with van der Waals surface area (Å²) in [7, 11) is 0. The third-order valence-electron chi connectivity index (χ3n) is 4.82. The average Bonchev–Trinajstić information content (AvgIpc) is 2.66. The van der Waals surface area contributed by atoms with E-state index < -0.39 is 0 Å². The Hall–Kier alpha value is -2.16. The molecule has 2 aromatic rings. The smallest absolute Gasteiger partial charge is 0.121 e. The summed E-state index contributed by atoms with van der Waals surface area (Å²) >= 11 is 0. The highest BCUT2D eigenvalue weighted by molar-refractivity contribution is 5.48. The molecule has 3 nitrogen and oxygen atoms in total. The Morgan fingerprint density at radius 1 is 0.885 bits per heavy atom. The lowest BCUT2D eigenvalue weighted by Gasteiger charge is -2.23. The Morgan fingerprint density at radius 2 is 1.62 bits per heavy atom. The largest absolute Gasteiger partial charge is 0.494 e. The lowest BCUT2D eigenvalue weighted by Crippen LogP contribution is -2.15. The third-order valence-corrected chi connectivity index (χ3v) is 4.82. The first-order valence-corrected chi connectivity index (χ1v) is 9.75. The van der Waals surface area contributed by atoms with Gasteiger partial charge in [0.15, 0.2) is 0 Å². The number of rotatable bonds is 11. The fraction of sp³-hybridized carbons (Fsp3) is 0.478. The number of ether oxygens (including phenoxy) is 2. The molecule has 0 heterocycles. The van der Waals surface area contributed by atoms with Crippen LogP contribution in [0.5, 0.6) is 11.5 Å². The molecule has 2 rings (SSSR count). The molecule has 26 heavy (non-hydrogen) atoms. The average molecular weight is 356 g/mol. The van der Waals surface area contributed by atoms with Crippen molar-refractivity contribution < 1.29 is 9.47 Å². The van der Waals surface area contributed by atoms with Crippen molar-refractivity contribution in [2.75, 3.05) is 25.1 Å². The Bertz CT molecular complexity index is 650. The van der Waals surface area contributed by atoms with Crippen molar-refractivity contribution in [3.8, 4) is 11.5 Å². The van der Waals surface area contributed by atoms with E-state index in [1.165, 1.54) is 5.56 Å². The lowest BCUT2D eigenvalue weighted by molar-refractivity contribution is 0.309. The summed E-state index contributed by atoms with van der Waals surface area (Å²) in [6.45, 7) is 11.1. The highest BCUT2D eigenvalue weighted by Gasteiger charge is 2.17. The number of unbranched alkanes of at least 4 members (excludes halogenated alkanes) is 1. The SMILES string of the molecule is CCCCOc1cccc(NCCOc2ccc(C(C)(C)CC)cc2)c1. The molecule has 0 saturated heterocycles. The Kier molecular flexibility index (Phi) is 7.83. The summed E-state index contributed by atoms with van der Waals surface area (Å²) in [6.07, 6.45) is 3.35. The van der Waals surface area contributed by atoms with Crippen LogP contribution in [0.4, 0.5) is 5.69 Å². The first-order chi connectivity index (χ1) is 12.5. The quantitative estimate of drug-likeness (QED) is 0.498. The van der Waals surface area contributed by atoms with Crippen molar-refractivity contribution >= 4 is 5.69 Å². The molecule has 0 aliphatic rings. The van der Waals surface area contributed by atoms with Gasteiger partial charge in [-0.3, -0.25) is 0 Å². The van der Waals surface area contributed by atoms with Gasteiger partial charge < -0.3 is 14.8 Å². The normalized spacial score (nSPS) is 11.2. The second kappa shape index (κ2) is 10.1. The predicted octanol–water partition coefficient (Wildman–Crippen LogP) is 6.04. The van der Waals surface area contributed by atoms with Crippen molar-refractivity contribution in [3.05, 3.63) is 54.1 Å². The molecule has 0 aromatic heterocycles. The molecule has 3 heteroatoms. The minimum absolute atomic E-state index is 0.213. The highest BCUT2D eigenvalue weighted by atomic mass is 16.5. The minimum Gasteiger partial charge on any atom is -0.494 e. The van der Waals surface area contributed by atoms with Crippen molar-refractivity contribution in [1.82, 2.24) is 0 Å². The monoisotopic (exact) mass is 355 g/mol. The zero-order chi connectivity index (χ0) is 18.8. The van der Waals surface area contributed by atoms with Crippen LogP contribution in [0, 0.1) is 0 Å². The van der Waals surface area contributed by atoms with Crippen LogP contribution >= 0.6 is 0 Å². The molecule has 0 fully saturated rings. The molecular formula is C23H33NO2. The zero-order valence-electron chi connectivity index (χ0n) is 16.7. The summed E-state index contributed by atoms with van der Waals surface area (Å²) in [6, 6.07) is 16.6. The molecule has 0 spiro atoms. The molecule has 142 valence electrons. The van der Waals surface area contributed by atoms with Gasteiger partial charge >= 0.3 is 0 Å². The van der Waals surface area contributed by atoms with E-state index in [-0.39, 0.29) is 5.41 Å². The Balaban J connectivity index is 1.76. The number of hydrogen-bond acceptors (Lipinski definition) is 3. The number of benzene rings is 2. The van der Waals surface area contributed by atoms with E-state index in [1.54, 1.807) is 0 Å². The minimum atomic E-state index is 0.213. The van der Waals surface area contributed by atoms with Gasteiger partial charge in [-0.15, -0.1) is 0 Å². The molecule has 2 aromatic carbocycles. The second-order valence-corrected chi connectivity index (χ2v) is 7.27. The van der Waals surface area contributed by atoms with Gasteiger partial charge in [-0.05, 0) is 48.1 Å².